The molecule has 1 saturated heterocycles. The minimum absolute atomic E-state index is 0.0602. The average Bonchev–Trinajstić information content (AvgIpc) is 2.80. The van der Waals surface area contributed by atoms with E-state index in [2.05, 4.69) is 15.3 Å². The fourth-order valence-electron chi connectivity index (χ4n) is 3.27. The molecule has 2 heterocycles. The lowest BCUT2D eigenvalue weighted by Gasteiger charge is -2.29. The highest BCUT2D eigenvalue weighted by molar-refractivity contribution is 6.04. The fourth-order valence-corrected chi connectivity index (χ4v) is 3.27. The third-order valence-electron chi connectivity index (χ3n) is 4.88. The van der Waals surface area contributed by atoms with Gasteiger partial charge in [-0.15, -0.1) is 0 Å². The number of nitrogens with zero attached hydrogens (tertiary/aromatic N) is 3. The van der Waals surface area contributed by atoms with Crippen molar-refractivity contribution < 1.29 is 22.7 Å². The maximum atomic E-state index is 13.7. The molecule has 0 atom stereocenters. The predicted molar refractivity (Wildman–Crippen MR) is 110 cm³/mol. The zero-order valence-corrected chi connectivity index (χ0v) is 16.4. The number of morpholine rings is 1. The Morgan fingerprint density at radius 3 is 2.32 bits per heavy atom. The first kappa shape index (κ1) is 20.8. The molecule has 1 fully saturated rings. The van der Waals surface area contributed by atoms with E-state index in [9.17, 15) is 18.0 Å². The van der Waals surface area contributed by atoms with Crippen molar-refractivity contribution in [3.8, 4) is 11.4 Å². The summed E-state index contributed by atoms with van der Waals surface area (Å²) in [6.45, 7) is 1.93. The van der Waals surface area contributed by atoms with Gasteiger partial charge in [-0.2, -0.15) is 13.2 Å². The van der Waals surface area contributed by atoms with Gasteiger partial charge in [0.1, 0.15) is 0 Å². The van der Waals surface area contributed by atoms with E-state index in [4.69, 9.17) is 4.74 Å². The molecule has 6 nitrogen and oxygen atoms in total. The number of amides is 1. The van der Waals surface area contributed by atoms with Crippen molar-refractivity contribution in [2.45, 2.75) is 6.18 Å². The van der Waals surface area contributed by atoms with Gasteiger partial charge in [0, 0.05) is 36.7 Å². The molecular weight excluding hydrogens is 409 g/mol. The number of hydrogen-bond acceptors (Lipinski definition) is 5. The van der Waals surface area contributed by atoms with Crippen LogP contribution in [0.2, 0.25) is 0 Å². The molecule has 1 aliphatic rings. The number of halogens is 3. The summed E-state index contributed by atoms with van der Waals surface area (Å²) in [5.74, 6) is -0.299. The summed E-state index contributed by atoms with van der Waals surface area (Å²) in [7, 11) is 0. The Hall–Kier alpha value is -3.46. The van der Waals surface area contributed by atoms with Crippen molar-refractivity contribution in [1.82, 2.24) is 9.97 Å². The molecule has 0 aliphatic carbocycles. The topological polar surface area (TPSA) is 67.4 Å². The Kier molecular flexibility index (Phi) is 5.85. The highest BCUT2D eigenvalue weighted by atomic mass is 19.4. The molecule has 1 aliphatic heterocycles. The Morgan fingerprint density at radius 2 is 1.68 bits per heavy atom. The molecule has 3 aromatic rings. The maximum absolute atomic E-state index is 13.7. The number of ether oxygens (including phenoxy) is 1. The van der Waals surface area contributed by atoms with Crippen LogP contribution >= 0.6 is 0 Å². The summed E-state index contributed by atoms with van der Waals surface area (Å²) < 4.78 is 46.3. The zero-order chi connectivity index (χ0) is 21.8. The molecule has 1 aromatic heterocycles. The summed E-state index contributed by atoms with van der Waals surface area (Å²) in [6.07, 6.45) is -2.04. The van der Waals surface area contributed by atoms with E-state index in [1.807, 2.05) is 35.2 Å². The van der Waals surface area contributed by atoms with Crippen LogP contribution in [-0.2, 0) is 10.9 Å². The number of carbonyl (C=O) groups excluding carboxylic acids is 1. The number of aromatic nitrogens is 2. The quantitative estimate of drug-likeness (QED) is 0.673. The molecule has 0 saturated carbocycles. The van der Waals surface area contributed by atoms with Gasteiger partial charge in [0.05, 0.1) is 30.0 Å². The number of carbonyl (C=O) groups is 1. The van der Waals surface area contributed by atoms with Gasteiger partial charge < -0.3 is 15.0 Å². The monoisotopic (exact) mass is 428 g/mol. The van der Waals surface area contributed by atoms with E-state index < -0.39 is 17.6 Å². The van der Waals surface area contributed by atoms with Gasteiger partial charge in [0.2, 0.25) is 0 Å². The third kappa shape index (κ3) is 4.83. The van der Waals surface area contributed by atoms with Crippen LogP contribution in [0.3, 0.4) is 0 Å². The Balaban J connectivity index is 1.55. The zero-order valence-electron chi connectivity index (χ0n) is 16.4. The van der Waals surface area contributed by atoms with Crippen molar-refractivity contribution in [2.24, 2.45) is 0 Å². The Labute approximate surface area is 176 Å². The normalized spacial score (nSPS) is 14.4. The van der Waals surface area contributed by atoms with E-state index in [0.717, 1.165) is 11.6 Å². The number of nitrogens with one attached hydrogen (secondary N) is 1. The highest BCUT2D eigenvalue weighted by Gasteiger charge is 2.35. The van der Waals surface area contributed by atoms with E-state index >= 15 is 0 Å². The van der Waals surface area contributed by atoms with Crippen LogP contribution in [-0.4, -0.2) is 42.2 Å². The third-order valence-corrected chi connectivity index (χ3v) is 4.88. The predicted octanol–water partition coefficient (Wildman–Crippen LogP) is 4.25. The molecule has 4 rings (SSSR count). The molecule has 2 aromatic carbocycles. The smallest absolute Gasteiger partial charge is 0.378 e. The summed E-state index contributed by atoms with van der Waals surface area (Å²) in [5, 5.41) is 2.34. The van der Waals surface area contributed by atoms with Crippen LogP contribution in [0.25, 0.3) is 11.4 Å². The molecule has 0 bridgehead atoms. The summed E-state index contributed by atoms with van der Waals surface area (Å²) in [4.78, 5) is 22.7. The van der Waals surface area contributed by atoms with Crippen LogP contribution in [0.15, 0.2) is 60.9 Å². The molecule has 0 unspecified atom stereocenters. The van der Waals surface area contributed by atoms with E-state index in [-0.39, 0.29) is 11.3 Å². The van der Waals surface area contributed by atoms with Gasteiger partial charge >= 0.3 is 6.18 Å². The number of rotatable bonds is 4. The van der Waals surface area contributed by atoms with Gasteiger partial charge in [0.25, 0.3) is 5.91 Å². The first-order valence-electron chi connectivity index (χ1n) is 9.64. The lowest BCUT2D eigenvalue weighted by atomic mass is 10.1. The van der Waals surface area contributed by atoms with Crippen LogP contribution < -0.4 is 10.2 Å². The van der Waals surface area contributed by atoms with Crippen LogP contribution in [0.5, 0.6) is 0 Å². The molecule has 9 heteroatoms. The second-order valence-electron chi connectivity index (χ2n) is 6.94. The van der Waals surface area contributed by atoms with Crippen molar-refractivity contribution >= 4 is 17.3 Å². The molecular formula is C22H19F3N4O2. The standard InChI is InChI=1S/C22H19F3N4O2/c23-22(24,25)18-12-17(29-8-10-31-11-9-29)6-7-19(18)28-21(30)16-13-26-20(27-14-16)15-4-2-1-3-5-15/h1-7,12-14H,8-11H2,(H,28,30). The lowest BCUT2D eigenvalue weighted by molar-refractivity contribution is -0.136. The number of benzene rings is 2. The van der Waals surface area contributed by atoms with Crippen molar-refractivity contribution in [3.63, 3.8) is 0 Å². The Bertz CT molecular complexity index is 1050. The fraction of sp³-hybridized carbons (Fsp3) is 0.227. The SMILES string of the molecule is O=C(Nc1ccc(N2CCOCC2)cc1C(F)(F)F)c1cnc(-c2ccccc2)nc1. The summed E-state index contributed by atoms with van der Waals surface area (Å²) in [5.41, 5.74) is 0.0371. The first-order chi connectivity index (χ1) is 14.9. The van der Waals surface area contributed by atoms with Gasteiger partial charge in [-0.1, -0.05) is 30.3 Å². The molecule has 160 valence electrons. The second kappa shape index (κ2) is 8.73. The lowest BCUT2D eigenvalue weighted by Crippen LogP contribution is -2.36. The number of alkyl halides is 3. The van der Waals surface area contributed by atoms with Gasteiger partial charge in [-0.25, -0.2) is 9.97 Å². The number of hydrogen-bond donors (Lipinski definition) is 1. The minimum Gasteiger partial charge on any atom is -0.378 e. The van der Waals surface area contributed by atoms with Crippen LogP contribution in [0.1, 0.15) is 15.9 Å². The molecule has 1 amide bonds. The van der Waals surface area contributed by atoms with E-state index in [0.29, 0.717) is 37.8 Å². The molecule has 31 heavy (non-hydrogen) atoms. The number of anilines is 2. The van der Waals surface area contributed by atoms with Crippen LogP contribution in [0, 0.1) is 0 Å². The largest absolute Gasteiger partial charge is 0.418 e. The molecule has 0 radical (unpaired) electrons. The first-order valence-corrected chi connectivity index (χ1v) is 9.64. The molecule has 0 spiro atoms. The Morgan fingerprint density at radius 1 is 1.00 bits per heavy atom. The van der Waals surface area contributed by atoms with Crippen molar-refractivity contribution in [2.75, 3.05) is 36.5 Å². The second-order valence-corrected chi connectivity index (χ2v) is 6.94. The van der Waals surface area contributed by atoms with E-state index in [1.54, 1.807) is 6.07 Å². The van der Waals surface area contributed by atoms with Crippen molar-refractivity contribution in [1.29, 1.82) is 0 Å². The van der Waals surface area contributed by atoms with Gasteiger partial charge in [-0.05, 0) is 18.2 Å². The van der Waals surface area contributed by atoms with E-state index in [1.165, 1.54) is 18.5 Å². The molecule has 1 N–H and O–H groups in total. The van der Waals surface area contributed by atoms with Gasteiger partial charge in [-0.3, -0.25) is 4.79 Å². The average molecular weight is 428 g/mol. The highest BCUT2D eigenvalue weighted by Crippen LogP contribution is 2.37. The van der Waals surface area contributed by atoms with Gasteiger partial charge in [0.15, 0.2) is 5.82 Å². The summed E-state index contributed by atoms with van der Waals surface area (Å²) >= 11 is 0. The van der Waals surface area contributed by atoms with Crippen LogP contribution in [0.4, 0.5) is 24.5 Å². The maximum Gasteiger partial charge on any atom is 0.418 e. The minimum atomic E-state index is -4.63. The van der Waals surface area contributed by atoms with Crippen molar-refractivity contribution in [3.05, 3.63) is 72.1 Å². The summed E-state index contributed by atoms with van der Waals surface area (Å²) in [6, 6.07) is 13.0.